The number of alkyl halides is 24. The number of hydrogen-bond acceptors (Lipinski definition) is 4. The maximum atomic E-state index is 13.8. The third-order valence-electron chi connectivity index (χ3n) is 9.97. The van der Waals surface area contributed by atoms with Crippen molar-refractivity contribution in [3.05, 3.63) is 0 Å². The molecule has 2 saturated carbocycles. The first-order valence-corrected chi connectivity index (χ1v) is 13.8. The SMILES string of the molecule is OC(C1CC(C2CC(C(O)(C(F)(F)F)C(F)(F)F)CC(C(O)(C(F)(F)F)C(F)(F)F)C2)CC(C(O)(C(F)(F)F)C(F)(F)F)C1)(C(F)(F)F)C(F)(F)F. The lowest BCUT2D eigenvalue weighted by Crippen LogP contribution is -2.68. The first-order chi connectivity index (χ1) is 22.4. The Morgan fingerprint density at radius 3 is 0.442 bits per heavy atom. The monoisotopic (exact) mass is 830 g/mol. The van der Waals surface area contributed by atoms with Gasteiger partial charge in [-0.2, -0.15) is 105 Å². The summed E-state index contributed by atoms with van der Waals surface area (Å²) < 4.78 is 330. The molecule has 2 aliphatic rings. The number of aliphatic hydroxyl groups is 4. The normalized spacial score (nSPS) is 27.9. The Balaban J connectivity index is 3.05. The minimum atomic E-state index is -7.17. The van der Waals surface area contributed by atoms with Gasteiger partial charge in [-0.25, -0.2) is 0 Å². The molecule has 4 nitrogen and oxygen atoms in total. The Morgan fingerprint density at radius 2 is 0.346 bits per heavy atom. The minimum Gasteiger partial charge on any atom is -0.373 e. The predicted molar refractivity (Wildman–Crippen MR) is 117 cm³/mol. The lowest BCUT2D eigenvalue weighted by atomic mass is 9.55. The van der Waals surface area contributed by atoms with Crippen molar-refractivity contribution >= 4 is 0 Å². The van der Waals surface area contributed by atoms with Crippen LogP contribution in [0, 0.1) is 35.5 Å². The van der Waals surface area contributed by atoms with E-state index in [-0.39, 0.29) is 0 Å². The zero-order valence-corrected chi connectivity index (χ0v) is 24.6. The Kier molecular flexibility index (Phi) is 11.5. The average molecular weight is 830 g/mol. The van der Waals surface area contributed by atoms with Gasteiger partial charge in [0, 0.05) is 23.7 Å². The lowest BCUT2D eigenvalue weighted by Gasteiger charge is -2.53. The molecular formula is C24H22F24O4. The van der Waals surface area contributed by atoms with E-state index in [1.165, 1.54) is 0 Å². The van der Waals surface area contributed by atoms with Gasteiger partial charge < -0.3 is 20.4 Å². The van der Waals surface area contributed by atoms with Gasteiger partial charge in [0.25, 0.3) is 22.4 Å². The fraction of sp³-hybridized carbons (Fsp3) is 1.00. The van der Waals surface area contributed by atoms with Crippen LogP contribution in [0.25, 0.3) is 0 Å². The van der Waals surface area contributed by atoms with Crippen LogP contribution in [-0.2, 0) is 0 Å². The first kappa shape index (κ1) is 46.3. The summed E-state index contributed by atoms with van der Waals surface area (Å²) in [7, 11) is 0. The van der Waals surface area contributed by atoms with E-state index in [0.717, 1.165) is 0 Å². The van der Waals surface area contributed by atoms with Crippen molar-refractivity contribution in [3.8, 4) is 0 Å². The molecule has 0 aromatic heterocycles. The van der Waals surface area contributed by atoms with Crippen molar-refractivity contribution < 1.29 is 126 Å². The average Bonchev–Trinajstić information content (AvgIpc) is 2.89. The molecule has 310 valence electrons. The van der Waals surface area contributed by atoms with Crippen molar-refractivity contribution in [1.82, 2.24) is 0 Å². The Hall–Kier alpha value is -1.84. The molecule has 0 bridgehead atoms. The van der Waals surface area contributed by atoms with E-state index in [9.17, 15) is 126 Å². The molecule has 52 heavy (non-hydrogen) atoms. The van der Waals surface area contributed by atoms with Gasteiger partial charge in [0.1, 0.15) is 0 Å². The summed E-state index contributed by atoms with van der Waals surface area (Å²) in [6.45, 7) is 0. The van der Waals surface area contributed by atoms with Crippen LogP contribution in [0.2, 0.25) is 0 Å². The maximum Gasteiger partial charge on any atom is 0.426 e. The Labute approximate surface area is 272 Å². The summed E-state index contributed by atoms with van der Waals surface area (Å²) in [5, 5.41) is 39.3. The number of hydrogen-bond donors (Lipinski definition) is 4. The van der Waals surface area contributed by atoms with Crippen LogP contribution in [0.15, 0.2) is 0 Å². The van der Waals surface area contributed by atoms with Crippen molar-refractivity contribution in [2.24, 2.45) is 35.5 Å². The van der Waals surface area contributed by atoms with E-state index in [0.29, 0.717) is 0 Å². The van der Waals surface area contributed by atoms with Gasteiger partial charge in [0.2, 0.25) is 0 Å². The van der Waals surface area contributed by atoms with Gasteiger partial charge in [-0.1, -0.05) is 0 Å². The van der Waals surface area contributed by atoms with E-state index in [2.05, 4.69) is 0 Å². The van der Waals surface area contributed by atoms with Crippen LogP contribution in [0.1, 0.15) is 38.5 Å². The molecule has 28 heteroatoms. The fourth-order valence-corrected chi connectivity index (χ4v) is 7.35. The van der Waals surface area contributed by atoms with Gasteiger partial charge in [0.05, 0.1) is 0 Å². The molecule has 4 atom stereocenters. The summed E-state index contributed by atoms with van der Waals surface area (Å²) in [5.74, 6) is -23.2. The van der Waals surface area contributed by atoms with Crippen LogP contribution < -0.4 is 0 Å². The zero-order chi connectivity index (χ0) is 41.7. The van der Waals surface area contributed by atoms with Crippen LogP contribution in [0.3, 0.4) is 0 Å². The molecule has 0 spiro atoms. The molecule has 0 aromatic rings. The predicted octanol–water partition coefficient (Wildman–Crippen LogP) is 8.47. The van der Waals surface area contributed by atoms with Gasteiger partial charge >= 0.3 is 49.4 Å². The minimum absolute atomic E-state index is 2.42. The molecule has 2 fully saturated rings. The fourth-order valence-electron chi connectivity index (χ4n) is 7.35. The van der Waals surface area contributed by atoms with Gasteiger partial charge in [-0.05, 0) is 50.4 Å². The summed E-state index contributed by atoms with van der Waals surface area (Å²) in [4.78, 5) is 0. The molecule has 0 aliphatic heterocycles. The van der Waals surface area contributed by atoms with Crippen LogP contribution in [0.5, 0.6) is 0 Å². The molecule has 0 saturated heterocycles. The topological polar surface area (TPSA) is 80.9 Å². The highest BCUT2D eigenvalue weighted by Gasteiger charge is 2.81. The smallest absolute Gasteiger partial charge is 0.373 e. The van der Waals surface area contributed by atoms with Crippen molar-refractivity contribution in [2.75, 3.05) is 0 Å². The molecule has 2 rings (SSSR count). The van der Waals surface area contributed by atoms with Gasteiger partial charge in [0.15, 0.2) is 0 Å². The highest BCUT2D eigenvalue weighted by molar-refractivity contribution is 5.12. The van der Waals surface area contributed by atoms with E-state index < -0.39 is 146 Å². The third-order valence-corrected chi connectivity index (χ3v) is 9.97. The number of halogens is 24. The van der Waals surface area contributed by atoms with Crippen LogP contribution in [0.4, 0.5) is 105 Å². The summed E-state index contributed by atoms with van der Waals surface area (Å²) >= 11 is 0. The molecular weight excluding hydrogens is 808 g/mol. The Bertz CT molecular complexity index is 1000. The zero-order valence-electron chi connectivity index (χ0n) is 24.6. The molecule has 0 radical (unpaired) electrons. The maximum absolute atomic E-state index is 13.8. The Morgan fingerprint density at radius 1 is 0.231 bits per heavy atom. The second kappa shape index (κ2) is 12.9. The molecule has 0 amide bonds. The molecule has 4 N–H and O–H groups in total. The molecule has 4 unspecified atom stereocenters. The van der Waals surface area contributed by atoms with Crippen LogP contribution >= 0.6 is 0 Å². The van der Waals surface area contributed by atoms with Crippen molar-refractivity contribution in [2.45, 2.75) is 110 Å². The van der Waals surface area contributed by atoms with Crippen LogP contribution in [-0.4, -0.2) is 92.2 Å². The molecule has 0 heterocycles. The summed E-state index contributed by atoms with van der Waals surface area (Å²) in [6, 6.07) is 0. The van der Waals surface area contributed by atoms with Gasteiger partial charge in [-0.3, -0.25) is 0 Å². The second-order valence-corrected chi connectivity index (χ2v) is 12.8. The van der Waals surface area contributed by atoms with E-state index in [1.54, 1.807) is 0 Å². The summed E-state index contributed by atoms with van der Waals surface area (Å²) in [5.41, 5.74) is -25.8. The van der Waals surface area contributed by atoms with Crippen molar-refractivity contribution in [1.29, 1.82) is 0 Å². The highest BCUT2D eigenvalue weighted by atomic mass is 19.4. The van der Waals surface area contributed by atoms with E-state index >= 15 is 0 Å². The highest BCUT2D eigenvalue weighted by Crippen LogP contribution is 2.64. The van der Waals surface area contributed by atoms with E-state index in [4.69, 9.17) is 0 Å². The lowest BCUT2D eigenvalue weighted by molar-refractivity contribution is -0.410. The second-order valence-electron chi connectivity index (χ2n) is 12.8. The molecule has 2 aliphatic carbocycles. The largest absolute Gasteiger partial charge is 0.426 e. The first-order valence-electron chi connectivity index (χ1n) is 13.8. The van der Waals surface area contributed by atoms with Crippen molar-refractivity contribution in [3.63, 3.8) is 0 Å². The third kappa shape index (κ3) is 7.18. The number of rotatable bonds is 5. The summed E-state index contributed by atoms with van der Waals surface area (Å²) in [6.07, 6.45) is -72.7. The molecule has 0 aromatic carbocycles. The van der Waals surface area contributed by atoms with Gasteiger partial charge in [-0.15, -0.1) is 0 Å². The quantitative estimate of drug-likeness (QED) is 0.210. The van der Waals surface area contributed by atoms with E-state index in [1.807, 2.05) is 0 Å². The standard InChI is InChI=1S/C24H22F24O4/c25-17(26,27)13(49,18(28,29)30)9-1-7(2-10(5-9)14(50,19(31,32)33)20(34,35)36)8-3-11(15(51,21(37,38)39)22(40,41)42)6-12(4-8)16(52,23(43,44)45)24(46,47)48/h7-12,49-52H,1-6H2.